The van der Waals surface area contributed by atoms with Crippen LogP contribution in [-0.2, 0) is 0 Å². The fourth-order valence-corrected chi connectivity index (χ4v) is 0.777. The van der Waals surface area contributed by atoms with Crippen molar-refractivity contribution < 1.29 is 0 Å². The van der Waals surface area contributed by atoms with Gasteiger partial charge < -0.3 is 5.43 Å². The molecule has 1 fully saturated rings. The Morgan fingerprint density at radius 2 is 2.43 bits per heavy atom. The van der Waals surface area contributed by atoms with E-state index in [4.69, 9.17) is 12.2 Å². The van der Waals surface area contributed by atoms with E-state index in [1.54, 1.807) is 0 Å². The molecule has 0 aromatic rings. The number of hydrogen-bond acceptors (Lipinski definition) is 2. The van der Waals surface area contributed by atoms with Gasteiger partial charge in [0.1, 0.15) is 0 Å². The molecule has 40 valence electrons. The van der Waals surface area contributed by atoms with E-state index >= 15 is 0 Å². The average molecular weight is 116 g/mol. The van der Waals surface area contributed by atoms with E-state index in [-0.39, 0.29) is 0 Å². The largest absolute Gasteiger partial charge is 0.316 e. The maximum absolute atomic E-state index is 4.83. The minimum atomic E-state index is 0.936. The molecule has 0 aromatic carbocycles. The molecule has 0 aromatic heterocycles. The van der Waals surface area contributed by atoms with Gasteiger partial charge in [-0.25, -0.2) is 5.43 Å². The highest BCUT2D eigenvalue weighted by atomic mass is 32.1. The van der Waals surface area contributed by atoms with Crippen molar-refractivity contribution in [1.29, 1.82) is 0 Å². The van der Waals surface area contributed by atoms with Crippen LogP contribution in [0.3, 0.4) is 0 Å². The lowest BCUT2D eigenvalue weighted by molar-refractivity contribution is 0.586. The van der Waals surface area contributed by atoms with Gasteiger partial charge in [-0.1, -0.05) is 12.2 Å². The van der Waals surface area contributed by atoms with Crippen LogP contribution in [0.2, 0.25) is 0 Å². The lowest BCUT2D eigenvalue weighted by Crippen LogP contribution is -2.41. The van der Waals surface area contributed by atoms with E-state index in [9.17, 15) is 0 Å². The molecule has 0 atom stereocenters. The van der Waals surface area contributed by atoms with Gasteiger partial charge in [0.15, 0.2) is 0 Å². The molecule has 3 heteroatoms. The Morgan fingerprint density at radius 1 is 1.57 bits per heavy atom. The van der Waals surface area contributed by atoms with Gasteiger partial charge >= 0.3 is 0 Å². The number of thiocarbonyl (C=S) groups is 1. The Hall–Kier alpha value is -0.150. The van der Waals surface area contributed by atoms with Crippen molar-refractivity contribution >= 4 is 17.2 Å². The third-order valence-corrected chi connectivity index (χ3v) is 1.24. The number of hydrogen-bond donors (Lipinski definition) is 2. The van der Waals surface area contributed by atoms with Crippen LogP contribution in [0.4, 0.5) is 0 Å². The normalized spacial score (nSPS) is 21.4. The molecule has 0 aliphatic carbocycles. The van der Waals surface area contributed by atoms with Crippen LogP contribution < -0.4 is 10.9 Å². The summed E-state index contributed by atoms with van der Waals surface area (Å²) in [7, 11) is 0. The van der Waals surface area contributed by atoms with Crippen molar-refractivity contribution in [3.05, 3.63) is 0 Å². The summed E-state index contributed by atoms with van der Waals surface area (Å²) in [5.74, 6) is 0. The topological polar surface area (TPSA) is 24.1 Å². The minimum absolute atomic E-state index is 0.936. The Bertz CT molecular complexity index is 73.8. The minimum Gasteiger partial charge on any atom is -0.316 e. The molecule has 0 bridgehead atoms. The second kappa shape index (κ2) is 2.23. The van der Waals surface area contributed by atoms with E-state index in [1.807, 2.05) is 0 Å². The van der Waals surface area contributed by atoms with Crippen LogP contribution in [0.5, 0.6) is 0 Å². The summed E-state index contributed by atoms with van der Waals surface area (Å²) in [5.41, 5.74) is 5.81. The summed E-state index contributed by atoms with van der Waals surface area (Å²) in [4.78, 5) is 0.936. The first-order valence-corrected chi connectivity index (χ1v) is 2.82. The second-order valence-electron chi connectivity index (χ2n) is 1.58. The van der Waals surface area contributed by atoms with E-state index in [2.05, 4.69) is 10.9 Å². The zero-order valence-electron chi connectivity index (χ0n) is 4.03. The summed E-state index contributed by atoms with van der Waals surface area (Å²) in [6, 6.07) is 0. The molecule has 0 amide bonds. The Morgan fingerprint density at radius 3 is 2.71 bits per heavy atom. The maximum atomic E-state index is 4.83. The predicted octanol–water partition coefficient (Wildman–Crippen LogP) is 0.202. The molecular weight excluding hydrogens is 108 g/mol. The fraction of sp³-hybridized carbons (Fsp3) is 0.750. The van der Waals surface area contributed by atoms with Gasteiger partial charge in [0.2, 0.25) is 0 Å². The molecule has 1 aliphatic rings. The standard InChI is InChI=1S/C4H8N2S/c7-4-2-1-3-5-6-4/h5H,1-3H2,(H,6,7). The van der Waals surface area contributed by atoms with E-state index in [0.717, 1.165) is 18.0 Å². The highest BCUT2D eigenvalue weighted by Gasteiger charge is 1.99. The zero-order chi connectivity index (χ0) is 5.11. The summed E-state index contributed by atoms with van der Waals surface area (Å²) >= 11 is 4.83. The molecule has 1 aliphatic heterocycles. The molecule has 1 heterocycles. The van der Waals surface area contributed by atoms with E-state index < -0.39 is 0 Å². The highest BCUT2D eigenvalue weighted by Crippen LogP contribution is 1.91. The van der Waals surface area contributed by atoms with Crippen LogP contribution in [-0.4, -0.2) is 11.5 Å². The van der Waals surface area contributed by atoms with Crippen LogP contribution in [0.15, 0.2) is 0 Å². The van der Waals surface area contributed by atoms with Crippen molar-refractivity contribution in [3.8, 4) is 0 Å². The second-order valence-corrected chi connectivity index (χ2v) is 2.07. The molecule has 1 saturated heterocycles. The highest BCUT2D eigenvalue weighted by molar-refractivity contribution is 7.80. The monoisotopic (exact) mass is 116 g/mol. The maximum Gasteiger partial charge on any atom is 0.0895 e. The molecule has 2 nitrogen and oxygen atoms in total. The van der Waals surface area contributed by atoms with Gasteiger partial charge in [-0.2, -0.15) is 0 Å². The van der Waals surface area contributed by atoms with Crippen molar-refractivity contribution in [2.45, 2.75) is 12.8 Å². The summed E-state index contributed by atoms with van der Waals surface area (Å²) in [5, 5.41) is 0. The first-order valence-electron chi connectivity index (χ1n) is 2.41. The van der Waals surface area contributed by atoms with Crippen molar-refractivity contribution in [2.75, 3.05) is 6.54 Å². The van der Waals surface area contributed by atoms with Crippen molar-refractivity contribution in [2.24, 2.45) is 0 Å². The number of hydrazine groups is 1. The van der Waals surface area contributed by atoms with Gasteiger partial charge in [-0.15, -0.1) is 0 Å². The first kappa shape index (κ1) is 5.00. The van der Waals surface area contributed by atoms with Crippen LogP contribution >= 0.6 is 12.2 Å². The molecule has 0 spiro atoms. The number of rotatable bonds is 0. The van der Waals surface area contributed by atoms with Gasteiger partial charge in [0.05, 0.1) is 4.99 Å². The Balaban J connectivity index is 2.25. The van der Waals surface area contributed by atoms with Crippen molar-refractivity contribution in [1.82, 2.24) is 10.9 Å². The van der Waals surface area contributed by atoms with Gasteiger partial charge in [0.25, 0.3) is 0 Å². The predicted molar refractivity (Wildman–Crippen MR) is 33.0 cm³/mol. The van der Waals surface area contributed by atoms with Crippen LogP contribution in [0.25, 0.3) is 0 Å². The quantitative estimate of drug-likeness (QED) is 0.442. The van der Waals surface area contributed by atoms with Gasteiger partial charge in [-0.3, -0.25) is 0 Å². The molecule has 1 rings (SSSR count). The summed E-state index contributed by atoms with van der Waals surface area (Å²) < 4.78 is 0. The Labute approximate surface area is 48.3 Å². The lowest BCUT2D eigenvalue weighted by Gasteiger charge is -2.13. The molecule has 7 heavy (non-hydrogen) atoms. The SMILES string of the molecule is S=C1CCCNN1. The fourth-order valence-electron chi connectivity index (χ4n) is 0.561. The smallest absolute Gasteiger partial charge is 0.0895 e. The van der Waals surface area contributed by atoms with Crippen molar-refractivity contribution in [3.63, 3.8) is 0 Å². The molecule has 0 radical (unpaired) electrons. The first-order chi connectivity index (χ1) is 3.39. The average Bonchev–Trinajstić information content (AvgIpc) is 1.69. The summed E-state index contributed by atoms with van der Waals surface area (Å²) in [6.07, 6.45) is 2.22. The third-order valence-electron chi connectivity index (χ3n) is 0.933. The molecule has 0 unspecified atom stereocenters. The Kier molecular flexibility index (Phi) is 1.59. The lowest BCUT2D eigenvalue weighted by atomic mass is 10.3. The van der Waals surface area contributed by atoms with Gasteiger partial charge in [0, 0.05) is 13.0 Å². The third kappa shape index (κ3) is 1.41. The zero-order valence-corrected chi connectivity index (χ0v) is 4.85. The van der Waals surface area contributed by atoms with Crippen LogP contribution in [0, 0.1) is 0 Å². The molecule has 2 N–H and O–H groups in total. The number of nitrogens with one attached hydrogen (secondary N) is 2. The van der Waals surface area contributed by atoms with E-state index in [0.29, 0.717) is 0 Å². The van der Waals surface area contributed by atoms with Crippen LogP contribution in [0.1, 0.15) is 12.8 Å². The van der Waals surface area contributed by atoms with E-state index in [1.165, 1.54) is 6.42 Å². The van der Waals surface area contributed by atoms with Gasteiger partial charge in [-0.05, 0) is 6.42 Å². The molecule has 0 saturated carbocycles. The summed E-state index contributed by atoms with van der Waals surface area (Å²) in [6.45, 7) is 1.04. The molecular formula is C4H8N2S.